The number of fused-ring (bicyclic) bond motifs is 1. The van der Waals surface area contributed by atoms with Crippen LogP contribution in [-0.2, 0) is 13.0 Å². The van der Waals surface area contributed by atoms with Crippen molar-refractivity contribution in [3.05, 3.63) is 22.8 Å². The Bertz CT molecular complexity index is 500. The topological polar surface area (TPSA) is 52.8 Å². The predicted octanol–water partition coefficient (Wildman–Crippen LogP) is 2.61. The van der Waals surface area contributed by atoms with Gasteiger partial charge in [0, 0.05) is 31.0 Å². The SMILES string of the molecule is CC(C)c1nc2c(c(C(C)C)n1)CN(CC#N)CC2. The van der Waals surface area contributed by atoms with Crippen LogP contribution in [0.1, 0.15) is 62.3 Å². The number of rotatable bonds is 3. The fourth-order valence-corrected chi connectivity index (χ4v) is 2.49. The highest BCUT2D eigenvalue weighted by Gasteiger charge is 2.23. The van der Waals surface area contributed by atoms with E-state index < -0.39 is 0 Å². The number of aromatic nitrogens is 2. The zero-order valence-corrected chi connectivity index (χ0v) is 12.3. The van der Waals surface area contributed by atoms with Crippen LogP contribution in [0, 0.1) is 11.3 Å². The molecule has 4 nitrogen and oxygen atoms in total. The molecule has 0 saturated heterocycles. The second-order valence-electron chi connectivity index (χ2n) is 5.82. The lowest BCUT2D eigenvalue weighted by Crippen LogP contribution is -2.33. The minimum atomic E-state index is 0.361. The van der Waals surface area contributed by atoms with E-state index in [4.69, 9.17) is 15.2 Å². The van der Waals surface area contributed by atoms with Gasteiger partial charge in [-0.25, -0.2) is 9.97 Å². The Labute approximate surface area is 115 Å². The van der Waals surface area contributed by atoms with Crippen LogP contribution < -0.4 is 0 Å². The van der Waals surface area contributed by atoms with Gasteiger partial charge in [0.05, 0.1) is 24.0 Å². The third kappa shape index (κ3) is 2.93. The molecule has 102 valence electrons. The molecule has 0 fully saturated rings. The molecule has 0 aromatic carbocycles. The number of nitriles is 1. The highest BCUT2D eigenvalue weighted by atomic mass is 15.1. The quantitative estimate of drug-likeness (QED) is 0.782. The Kier molecular flexibility index (Phi) is 4.16. The molecule has 1 aromatic rings. The van der Waals surface area contributed by atoms with Crippen molar-refractivity contribution in [2.45, 2.75) is 52.5 Å². The van der Waals surface area contributed by atoms with Crippen molar-refractivity contribution in [2.75, 3.05) is 13.1 Å². The van der Waals surface area contributed by atoms with Crippen molar-refractivity contribution in [1.82, 2.24) is 14.9 Å². The smallest absolute Gasteiger partial charge is 0.131 e. The zero-order chi connectivity index (χ0) is 14.0. The maximum Gasteiger partial charge on any atom is 0.131 e. The summed E-state index contributed by atoms with van der Waals surface area (Å²) in [4.78, 5) is 11.7. The van der Waals surface area contributed by atoms with E-state index in [0.29, 0.717) is 18.4 Å². The van der Waals surface area contributed by atoms with Crippen LogP contribution in [0.2, 0.25) is 0 Å². The highest BCUT2D eigenvalue weighted by molar-refractivity contribution is 5.31. The summed E-state index contributed by atoms with van der Waals surface area (Å²) in [7, 11) is 0. The van der Waals surface area contributed by atoms with E-state index in [9.17, 15) is 0 Å². The summed E-state index contributed by atoms with van der Waals surface area (Å²) in [6, 6.07) is 2.23. The van der Waals surface area contributed by atoms with Crippen molar-refractivity contribution < 1.29 is 0 Å². The molecule has 0 bridgehead atoms. The average Bonchev–Trinajstić information content (AvgIpc) is 2.37. The van der Waals surface area contributed by atoms with Crippen molar-refractivity contribution >= 4 is 0 Å². The van der Waals surface area contributed by atoms with Gasteiger partial charge in [-0.2, -0.15) is 5.26 Å². The molecule has 0 saturated carbocycles. The summed E-state index contributed by atoms with van der Waals surface area (Å²) in [5, 5.41) is 8.84. The van der Waals surface area contributed by atoms with Crippen molar-refractivity contribution in [3.8, 4) is 6.07 Å². The summed E-state index contributed by atoms with van der Waals surface area (Å²) in [5.74, 6) is 1.72. The Balaban J connectivity index is 2.42. The molecule has 0 radical (unpaired) electrons. The Morgan fingerprint density at radius 2 is 1.95 bits per heavy atom. The van der Waals surface area contributed by atoms with Gasteiger partial charge in [0.25, 0.3) is 0 Å². The van der Waals surface area contributed by atoms with E-state index in [1.807, 2.05) is 0 Å². The van der Waals surface area contributed by atoms with Gasteiger partial charge in [0.2, 0.25) is 0 Å². The van der Waals surface area contributed by atoms with Crippen LogP contribution in [0.15, 0.2) is 0 Å². The lowest BCUT2D eigenvalue weighted by atomic mass is 9.97. The molecule has 0 amide bonds. The molecule has 2 rings (SSSR count). The van der Waals surface area contributed by atoms with Crippen LogP contribution >= 0.6 is 0 Å². The van der Waals surface area contributed by atoms with Crippen LogP contribution in [0.4, 0.5) is 0 Å². The van der Waals surface area contributed by atoms with Gasteiger partial charge < -0.3 is 0 Å². The molecule has 0 unspecified atom stereocenters. The van der Waals surface area contributed by atoms with Crippen LogP contribution in [-0.4, -0.2) is 28.0 Å². The van der Waals surface area contributed by atoms with E-state index in [0.717, 1.165) is 31.0 Å². The van der Waals surface area contributed by atoms with Crippen LogP contribution in [0.5, 0.6) is 0 Å². The van der Waals surface area contributed by atoms with E-state index in [1.165, 1.54) is 11.3 Å². The molecule has 2 heterocycles. The van der Waals surface area contributed by atoms with Gasteiger partial charge in [-0.3, -0.25) is 4.90 Å². The van der Waals surface area contributed by atoms with Crippen molar-refractivity contribution in [3.63, 3.8) is 0 Å². The van der Waals surface area contributed by atoms with Crippen molar-refractivity contribution in [1.29, 1.82) is 5.26 Å². The summed E-state index contributed by atoms with van der Waals surface area (Å²) in [5.41, 5.74) is 3.61. The predicted molar refractivity (Wildman–Crippen MR) is 74.8 cm³/mol. The Morgan fingerprint density at radius 3 is 2.53 bits per heavy atom. The second kappa shape index (κ2) is 5.66. The molecule has 0 N–H and O–H groups in total. The third-order valence-electron chi connectivity index (χ3n) is 3.55. The summed E-state index contributed by atoms with van der Waals surface area (Å²) >= 11 is 0. The Hall–Kier alpha value is -1.47. The molecule has 1 aromatic heterocycles. The van der Waals surface area contributed by atoms with E-state index >= 15 is 0 Å². The lowest BCUT2D eigenvalue weighted by Gasteiger charge is -2.29. The van der Waals surface area contributed by atoms with E-state index in [-0.39, 0.29) is 0 Å². The molecule has 1 aliphatic heterocycles. The van der Waals surface area contributed by atoms with Gasteiger partial charge in [-0.15, -0.1) is 0 Å². The fraction of sp³-hybridized carbons (Fsp3) is 0.667. The highest BCUT2D eigenvalue weighted by Crippen LogP contribution is 2.26. The molecule has 4 heteroatoms. The van der Waals surface area contributed by atoms with Gasteiger partial charge >= 0.3 is 0 Å². The zero-order valence-electron chi connectivity index (χ0n) is 12.3. The first-order valence-electron chi connectivity index (χ1n) is 7.01. The van der Waals surface area contributed by atoms with Gasteiger partial charge in [-0.05, 0) is 5.92 Å². The van der Waals surface area contributed by atoms with Gasteiger partial charge in [0.1, 0.15) is 5.82 Å². The van der Waals surface area contributed by atoms with Crippen molar-refractivity contribution in [2.24, 2.45) is 0 Å². The maximum absolute atomic E-state index is 8.84. The minimum Gasteiger partial charge on any atom is -0.286 e. The number of nitrogens with zero attached hydrogens (tertiary/aromatic N) is 4. The molecular formula is C15H22N4. The average molecular weight is 258 g/mol. The fourth-order valence-electron chi connectivity index (χ4n) is 2.49. The van der Waals surface area contributed by atoms with Crippen LogP contribution in [0.25, 0.3) is 0 Å². The van der Waals surface area contributed by atoms with Gasteiger partial charge in [0.15, 0.2) is 0 Å². The first-order chi connectivity index (χ1) is 9.02. The molecule has 1 aliphatic rings. The normalized spacial score (nSPS) is 15.6. The standard InChI is InChI=1S/C15H22N4/c1-10(2)14-12-9-19(8-6-16)7-5-13(12)17-15(18-14)11(3)4/h10-11H,5,7-9H2,1-4H3. The summed E-state index contributed by atoms with van der Waals surface area (Å²) < 4.78 is 0. The maximum atomic E-state index is 8.84. The third-order valence-corrected chi connectivity index (χ3v) is 3.55. The molecule has 0 atom stereocenters. The largest absolute Gasteiger partial charge is 0.286 e. The summed E-state index contributed by atoms with van der Waals surface area (Å²) in [6.45, 7) is 10.9. The molecular weight excluding hydrogens is 236 g/mol. The molecule has 0 aliphatic carbocycles. The number of hydrogen-bond acceptors (Lipinski definition) is 4. The number of hydrogen-bond donors (Lipinski definition) is 0. The van der Waals surface area contributed by atoms with E-state index in [2.05, 4.69) is 38.7 Å². The molecule has 19 heavy (non-hydrogen) atoms. The van der Waals surface area contributed by atoms with Crippen LogP contribution in [0.3, 0.4) is 0 Å². The minimum absolute atomic E-state index is 0.361. The Morgan fingerprint density at radius 1 is 1.21 bits per heavy atom. The van der Waals surface area contributed by atoms with Gasteiger partial charge in [-0.1, -0.05) is 27.7 Å². The lowest BCUT2D eigenvalue weighted by molar-refractivity contribution is 0.279. The first-order valence-corrected chi connectivity index (χ1v) is 7.01. The molecule has 0 spiro atoms. The summed E-state index contributed by atoms with van der Waals surface area (Å²) in [6.07, 6.45) is 0.930. The monoisotopic (exact) mass is 258 g/mol. The second-order valence-corrected chi connectivity index (χ2v) is 5.82. The first kappa shape index (κ1) is 14.0. The van der Waals surface area contributed by atoms with E-state index in [1.54, 1.807) is 0 Å².